The number of alkyl halides is 1. The number of aromatic nitrogens is 1. The third-order valence-corrected chi connectivity index (χ3v) is 7.72. The molecular formula is C33H41F4N3O4. The van der Waals surface area contributed by atoms with Crippen LogP contribution in [0.3, 0.4) is 0 Å². The van der Waals surface area contributed by atoms with E-state index in [1.165, 1.54) is 0 Å². The summed E-state index contributed by atoms with van der Waals surface area (Å²) in [5.74, 6) is -2.92. The van der Waals surface area contributed by atoms with Crippen LogP contribution in [0.5, 0.6) is 0 Å². The lowest BCUT2D eigenvalue weighted by Crippen LogP contribution is -2.40. The first-order valence-electron chi connectivity index (χ1n) is 14.9. The Kier molecular flexibility index (Phi) is 10.8. The molecular weight excluding hydrogens is 578 g/mol. The van der Waals surface area contributed by atoms with Gasteiger partial charge in [0, 0.05) is 23.6 Å². The van der Waals surface area contributed by atoms with Crippen molar-refractivity contribution in [1.82, 2.24) is 9.88 Å². The third kappa shape index (κ3) is 8.19. The van der Waals surface area contributed by atoms with E-state index in [0.29, 0.717) is 29.0 Å². The second-order valence-corrected chi connectivity index (χ2v) is 12.3. The van der Waals surface area contributed by atoms with Crippen molar-refractivity contribution in [3.8, 4) is 5.69 Å². The van der Waals surface area contributed by atoms with Crippen molar-refractivity contribution in [3.63, 3.8) is 0 Å². The van der Waals surface area contributed by atoms with Crippen LogP contribution in [0, 0.1) is 11.6 Å². The van der Waals surface area contributed by atoms with Crippen LogP contribution in [0.1, 0.15) is 70.1 Å². The number of nitrogens with one attached hydrogen (secondary N) is 1. The van der Waals surface area contributed by atoms with E-state index in [4.69, 9.17) is 15.2 Å². The smallest absolute Gasteiger partial charge is 0.256 e. The van der Waals surface area contributed by atoms with E-state index in [1.54, 1.807) is 0 Å². The van der Waals surface area contributed by atoms with Gasteiger partial charge in [-0.2, -0.15) is 0 Å². The Morgan fingerprint density at radius 1 is 1.18 bits per heavy atom. The SMILES string of the molecule is C=C(OC1CCCC1)[C@H](COC(C)(C)C)NCCc1cc(F)c(-n2c(N)c(C(O)C3=C(F)CC(F)C=C3)ccc2=O)c(F)c1. The van der Waals surface area contributed by atoms with Gasteiger partial charge >= 0.3 is 0 Å². The Balaban J connectivity index is 1.51. The molecule has 0 saturated heterocycles. The van der Waals surface area contributed by atoms with Crippen LogP contribution in [0.25, 0.3) is 5.69 Å². The van der Waals surface area contributed by atoms with Crippen molar-refractivity contribution < 1.29 is 32.1 Å². The van der Waals surface area contributed by atoms with Crippen LogP contribution in [0.4, 0.5) is 23.4 Å². The summed E-state index contributed by atoms with van der Waals surface area (Å²) in [5.41, 5.74) is 4.05. The number of hydrogen-bond acceptors (Lipinski definition) is 6. The minimum absolute atomic E-state index is 0.116. The summed E-state index contributed by atoms with van der Waals surface area (Å²) in [6.07, 6.45) is 2.88. The first kappa shape index (κ1) is 33.5. The maximum absolute atomic E-state index is 15.4. The largest absolute Gasteiger partial charge is 0.494 e. The van der Waals surface area contributed by atoms with Gasteiger partial charge in [-0.05, 0) is 89.3 Å². The standard InChI is InChI=1S/C33H41F4N3O4/c1-19(44-22-7-5-6-8-22)28(18-43-33(2,3)4)39-14-13-20-15-26(36)30(27(37)16-20)40-29(41)12-11-24(32(40)38)31(42)23-10-9-21(34)17-25(23)35/h9-12,15-16,21-22,28,31,39,42H,1,5-8,13-14,17-18,38H2,2-4H3/t21?,28-,31?/m0/s1. The van der Waals surface area contributed by atoms with E-state index in [0.717, 1.165) is 62.1 Å². The highest BCUT2D eigenvalue weighted by molar-refractivity contribution is 5.54. The lowest BCUT2D eigenvalue weighted by atomic mass is 9.95. The summed E-state index contributed by atoms with van der Waals surface area (Å²) < 4.78 is 71.4. The molecule has 0 aliphatic heterocycles. The lowest BCUT2D eigenvalue weighted by Gasteiger charge is -2.28. The Morgan fingerprint density at radius 2 is 1.84 bits per heavy atom. The molecule has 2 aliphatic rings. The number of rotatable bonds is 12. The normalized spacial score (nSPS) is 19.0. The molecule has 4 N–H and O–H groups in total. The van der Waals surface area contributed by atoms with Crippen molar-refractivity contribution in [2.24, 2.45) is 0 Å². The molecule has 2 aliphatic carbocycles. The molecule has 2 aromatic rings. The molecule has 7 nitrogen and oxygen atoms in total. The number of nitrogen functional groups attached to an aromatic ring is 1. The van der Waals surface area contributed by atoms with E-state index >= 15 is 8.78 Å². The molecule has 1 saturated carbocycles. The summed E-state index contributed by atoms with van der Waals surface area (Å²) in [4.78, 5) is 12.7. The Morgan fingerprint density at radius 3 is 2.45 bits per heavy atom. The van der Waals surface area contributed by atoms with E-state index in [9.17, 15) is 18.7 Å². The molecule has 2 unspecified atom stereocenters. The molecule has 0 spiro atoms. The molecule has 0 bridgehead atoms. The van der Waals surface area contributed by atoms with Gasteiger partial charge in [-0.15, -0.1) is 0 Å². The number of benzene rings is 1. The molecule has 1 aromatic carbocycles. The van der Waals surface area contributed by atoms with E-state index < -0.39 is 58.8 Å². The number of nitrogens with zero attached hydrogens (tertiary/aromatic N) is 1. The van der Waals surface area contributed by atoms with E-state index in [1.807, 2.05) is 20.8 Å². The number of aliphatic hydroxyl groups is 1. The fourth-order valence-electron chi connectivity index (χ4n) is 5.36. The highest BCUT2D eigenvalue weighted by Gasteiger charge is 2.27. The number of anilines is 1. The van der Waals surface area contributed by atoms with Gasteiger partial charge in [0.1, 0.15) is 35.4 Å². The number of aliphatic hydroxyl groups excluding tert-OH is 1. The van der Waals surface area contributed by atoms with Gasteiger partial charge < -0.3 is 25.6 Å². The quantitative estimate of drug-likeness (QED) is 0.198. The Bertz CT molecular complexity index is 1450. The topological polar surface area (TPSA) is 98.7 Å². The molecule has 0 amide bonds. The fourth-order valence-corrected chi connectivity index (χ4v) is 5.36. The van der Waals surface area contributed by atoms with Gasteiger partial charge in [-0.25, -0.2) is 17.6 Å². The second-order valence-electron chi connectivity index (χ2n) is 12.3. The molecule has 11 heteroatoms. The van der Waals surface area contributed by atoms with Gasteiger partial charge in [0.15, 0.2) is 11.6 Å². The minimum Gasteiger partial charge on any atom is -0.494 e. The zero-order chi connectivity index (χ0) is 32.2. The van der Waals surface area contributed by atoms with E-state index in [-0.39, 0.29) is 29.7 Å². The van der Waals surface area contributed by atoms with Crippen LogP contribution in [0.15, 0.2) is 65.0 Å². The summed E-state index contributed by atoms with van der Waals surface area (Å²) in [5, 5.41) is 14.1. The zero-order valence-corrected chi connectivity index (χ0v) is 25.3. The first-order valence-corrected chi connectivity index (χ1v) is 14.9. The van der Waals surface area contributed by atoms with Gasteiger partial charge in [0.25, 0.3) is 5.56 Å². The first-order chi connectivity index (χ1) is 20.7. The summed E-state index contributed by atoms with van der Waals surface area (Å²) in [6, 6.07) is 3.98. The van der Waals surface area contributed by atoms with Crippen LogP contribution >= 0.6 is 0 Å². The van der Waals surface area contributed by atoms with Gasteiger partial charge in [-0.3, -0.25) is 9.36 Å². The summed E-state index contributed by atoms with van der Waals surface area (Å²) in [6.45, 7) is 10.5. The molecule has 1 fully saturated rings. The number of allylic oxidation sites excluding steroid dienone is 2. The van der Waals surface area contributed by atoms with Crippen molar-refractivity contribution in [1.29, 1.82) is 0 Å². The average Bonchev–Trinajstić information content (AvgIpc) is 3.44. The number of halogens is 4. The predicted molar refractivity (Wildman–Crippen MR) is 162 cm³/mol. The van der Waals surface area contributed by atoms with Crippen molar-refractivity contribution in [2.75, 3.05) is 18.9 Å². The maximum Gasteiger partial charge on any atom is 0.256 e. The molecule has 1 aromatic heterocycles. The highest BCUT2D eigenvalue weighted by Crippen LogP contribution is 2.35. The summed E-state index contributed by atoms with van der Waals surface area (Å²) in [7, 11) is 0. The highest BCUT2D eigenvalue weighted by atomic mass is 19.1. The molecule has 1 heterocycles. The molecule has 3 atom stereocenters. The van der Waals surface area contributed by atoms with Crippen LogP contribution in [0.2, 0.25) is 0 Å². The van der Waals surface area contributed by atoms with Gasteiger partial charge in [0.05, 0.1) is 24.4 Å². The van der Waals surface area contributed by atoms with Crippen LogP contribution < -0.4 is 16.6 Å². The lowest BCUT2D eigenvalue weighted by molar-refractivity contribution is -0.0204. The van der Waals surface area contributed by atoms with Crippen LogP contribution in [-0.2, 0) is 15.9 Å². The Labute approximate surface area is 255 Å². The monoisotopic (exact) mass is 619 g/mol. The van der Waals surface area contributed by atoms with Crippen molar-refractivity contribution in [2.45, 2.75) is 89.3 Å². The third-order valence-electron chi connectivity index (χ3n) is 7.72. The number of pyridine rings is 1. The summed E-state index contributed by atoms with van der Waals surface area (Å²) >= 11 is 0. The fraction of sp³-hybridized carbons (Fsp3) is 0.485. The van der Waals surface area contributed by atoms with Crippen molar-refractivity contribution in [3.05, 3.63) is 93.3 Å². The molecule has 0 radical (unpaired) electrons. The molecule has 4 rings (SSSR count). The van der Waals surface area contributed by atoms with E-state index in [2.05, 4.69) is 11.9 Å². The van der Waals surface area contributed by atoms with Crippen molar-refractivity contribution >= 4 is 5.82 Å². The average molecular weight is 620 g/mol. The molecule has 44 heavy (non-hydrogen) atoms. The predicted octanol–water partition coefficient (Wildman–Crippen LogP) is 6.04. The Hall–Kier alpha value is -3.41. The zero-order valence-electron chi connectivity index (χ0n) is 25.3. The second kappa shape index (κ2) is 14.1. The number of ether oxygens (including phenoxy) is 2. The maximum atomic E-state index is 15.4. The minimum atomic E-state index is -1.69. The van der Waals surface area contributed by atoms with Crippen LogP contribution in [-0.4, -0.2) is 46.7 Å². The van der Waals surface area contributed by atoms with Gasteiger partial charge in [-0.1, -0.05) is 12.7 Å². The van der Waals surface area contributed by atoms with Gasteiger partial charge in [0.2, 0.25) is 0 Å². The molecule has 240 valence electrons. The number of hydrogen-bond donors (Lipinski definition) is 3. The number of nitrogens with two attached hydrogens (primary N) is 1.